The molecule has 19 heavy (non-hydrogen) atoms. The first kappa shape index (κ1) is 13.7. The van der Waals surface area contributed by atoms with Gasteiger partial charge in [0.05, 0.1) is 5.41 Å². The lowest BCUT2D eigenvalue weighted by atomic mass is 9.83. The van der Waals surface area contributed by atoms with Crippen molar-refractivity contribution in [3.8, 4) is 0 Å². The highest BCUT2D eigenvalue weighted by atomic mass is 32.2. The van der Waals surface area contributed by atoms with Gasteiger partial charge in [0.15, 0.2) is 0 Å². The van der Waals surface area contributed by atoms with Crippen LogP contribution < -0.4 is 0 Å². The van der Waals surface area contributed by atoms with Gasteiger partial charge in [-0.05, 0) is 44.5 Å². The molecule has 0 N–H and O–H groups in total. The Labute approximate surface area is 121 Å². The Balaban J connectivity index is 1.68. The second-order valence-electron chi connectivity index (χ2n) is 6.38. The van der Waals surface area contributed by atoms with Gasteiger partial charge in [0, 0.05) is 24.9 Å². The minimum Gasteiger partial charge on any atom is -0.341 e. The van der Waals surface area contributed by atoms with Gasteiger partial charge in [-0.25, -0.2) is 0 Å². The van der Waals surface area contributed by atoms with Gasteiger partial charge in [0.25, 0.3) is 0 Å². The smallest absolute Gasteiger partial charge is 0.230 e. The molecule has 108 valence electrons. The first-order valence-electron chi connectivity index (χ1n) is 7.87. The molecule has 3 aliphatic rings. The van der Waals surface area contributed by atoms with E-state index in [-0.39, 0.29) is 5.41 Å². The fourth-order valence-corrected chi connectivity index (χ4v) is 5.09. The SMILES string of the molecule is CCSC1CCCCN(C(=O)C23CCN(CC2)C3)C1. The van der Waals surface area contributed by atoms with E-state index in [2.05, 4.69) is 16.7 Å². The molecule has 0 aromatic carbocycles. The van der Waals surface area contributed by atoms with Crippen molar-refractivity contribution < 1.29 is 4.79 Å². The Bertz CT molecular complexity index is 339. The van der Waals surface area contributed by atoms with Gasteiger partial charge in [0.1, 0.15) is 0 Å². The number of piperidine rings is 1. The van der Waals surface area contributed by atoms with E-state index in [1.54, 1.807) is 0 Å². The number of nitrogens with zero attached hydrogens (tertiary/aromatic N) is 2. The molecule has 2 bridgehead atoms. The van der Waals surface area contributed by atoms with Crippen LogP contribution >= 0.6 is 11.8 Å². The Morgan fingerprint density at radius 2 is 2.05 bits per heavy atom. The summed E-state index contributed by atoms with van der Waals surface area (Å²) in [6.45, 7) is 7.56. The standard InChI is InChI=1S/C15H26N2OS/c1-2-19-13-5-3-4-8-17(11-13)14(18)15-6-9-16(12-15)10-7-15/h13H,2-12H2,1H3. The monoisotopic (exact) mass is 282 g/mol. The quantitative estimate of drug-likeness (QED) is 0.793. The third kappa shape index (κ3) is 2.66. The highest BCUT2D eigenvalue weighted by Crippen LogP contribution is 2.42. The molecule has 3 nitrogen and oxygen atoms in total. The van der Waals surface area contributed by atoms with Crippen molar-refractivity contribution in [3.05, 3.63) is 0 Å². The van der Waals surface area contributed by atoms with E-state index in [4.69, 9.17) is 0 Å². The maximum atomic E-state index is 13.0. The Morgan fingerprint density at radius 1 is 1.26 bits per heavy atom. The zero-order valence-corrected chi connectivity index (χ0v) is 12.9. The lowest BCUT2D eigenvalue weighted by Gasteiger charge is -2.33. The lowest BCUT2D eigenvalue weighted by Crippen LogP contribution is -2.45. The molecule has 1 amide bonds. The average Bonchev–Trinajstić information content (AvgIpc) is 2.95. The molecule has 3 saturated heterocycles. The zero-order valence-electron chi connectivity index (χ0n) is 12.1. The van der Waals surface area contributed by atoms with Crippen LogP contribution in [0.25, 0.3) is 0 Å². The van der Waals surface area contributed by atoms with Crippen LogP contribution in [0.2, 0.25) is 0 Å². The van der Waals surface area contributed by atoms with E-state index in [0.717, 1.165) is 45.6 Å². The molecule has 0 aromatic heterocycles. The second kappa shape index (κ2) is 5.65. The molecule has 3 aliphatic heterocycles. The van der Waals surface area contributed by atoms with E-state index in [1.807, 2.05) is 11.8 Å². The molecule has 3 rings (SSSR count). The van der Waals surface area contributed by atoms with Gasteiger partial charge in [0.2, 0.25) is 5.91 Å². The highest BCUT2D eigenvalue weighted by molar-refractivity contribution is 7.99. The summed E-state index contributed by atoms with van der Waals surface area (Å²) in [5.74, 6) is 1.65. The van der Waals surface area contributed by atoms with E-state index in [0.29, 0.717) is 11.2 Å². The molecular formula is C15H26N2OS. The van der Waals surface area contributed by atoms with E-state index < -0.39 is 0 Å². The maximum absolute atomic E-state index is 13.0. The molecule has 0 aliphatic carbocycles. The number of rotatable bonds is 3. The molecule has 0 radical (unpaired) electrons. The van der Waals surface area contributed by atoms with Gasteiger partial charge in [-0.15, -0.1) is 0 Å². The van der Waals surface area contributed by atoms with Crippen LogP contribution in [-0.4, -0.2) is 59.4 Å². The minimum atomic E-state index is 0.00573. The van der Waals surface area contributed by atoms with Crippen LogP contribution in [0.3, 0.4) is 0 Å². The number of hydrogen-bond donors (Lipinski definition) is 0. The first-order chi connectivity index (χ1) is 9.23. The number of carbonyl (C=O) groups excluding carboxylic acids is 1. The highest BCUT2D eigenvalue weighted by Gasteiger charge is 2.50. The minimum absolute atomic E-state index is 0.00573. The lowest BCUT2D eigenvalue weighted by molar-refractivity contribution is -0.140. The van der Waals surface area contributed by atoms with Crippen LogP contribution in [0.4, 0.5) is 0 Å². The number of amides is 1. The Hall–Kier alpha value is -0.220. The van der Waals surface area contributed by atoms with Crippen molar-refractivity contribution in [1.29, 1.82) is 0 Å². The fourth-order valence-electron chi connectivity index (χ4n) is 4.00. The molecule has 1 atom stereocenters. The summed E-state index contributed by atoms with van der Waals surface area (Å²) in [6.07, 6.45) is 6.00. The van der Waals surface area contributed by atoms with Crippen molar-refractivity contribution in [2.75, 3.05) is 38.5 Å². The van der Waals surface area contributed by atoms with Gasteiger partial charge >= 0.3 is 0 Å². The van der Waals surface area contributed by atoms with Gasteiger partial charge < -0.3 is 9.80 Å². The van der Waals surface area contributed by atoms with Crippen molar-refractivity contribution in [1.82, 2.24) is 9.80 Å². The summed E-state index contributed by atoms with van der Waals surface area (Å²) < 4.78 is 0. The van der Waals surface area contributed by atoms with E-state index in [1.165, 1.54) is 25.0 Å². The zero-order chi connectivity index (χ0) is 13.3. The van der Waals surface area contributed by atoms with Gasteiger partial charge in [-0.3, -0.25) is 4.79 Å². The van der Waals surface area contributed by atoms with Crippen molar-refractivity contribution >= 4 is 17.7 Å². The average molecular weight is 282 g/mol. The summed E-state index contributed by atoms with van der Waals surface area (Å²) in [4.78, 5) is 17.7. The predicted molar refractivity (Wildman–Crippen MR) is 80.5 cm³/mol. The Morgan fingerprint density at radius 3 is 2.68 bits per heavy atom. The van der Waals surface area contributed by atoms with Crippen LogP contribution in [0.1, 0.15) is 39.0 Å². The normalized spacial score (nSPS) is 38.5. The number of likely N-dealkylation sites (tertiary alicyclic amines) is 1. The van der Waals surface area contributed by atoms with Gasteiger partial charge in [-0.2, -0.15) is 11.8 Å². The molecule has 1 unspecified atom stereocenters. The first-order valence-corrected chi connectivity index (χ1v) is 8.92. The number of thioether (sulfide) groups is 1. The summed E-state index contributed by atoms with van der Waals surface area (Å²) >= 11 is 2.04. The second-order valence-corrected chi connectivity index (χ2v) is 7.96. The summed E-state index contributed by atoms with van der Waals surface area (Å²) in [6, 6.07) is 0. The van der Waals surface area contributed by atoms with Crippen molar-refractivity contribution in [2.45, 2.75) is 44.3 Å². The van der Waals surface area contributed by atoms with Crippen LogP contribution in [0.5, 0.6) is 0 Å². The van der Waals surface area contributed by atoms with E-state index >= 15 is 0 Å². The van der Waals surface area contributed by atoms with Crippen molar-refractivity contribution in [2.24, 2.45) is 5.41 Å². The molecule has 3 fully saturated rings. The number of carbonyl (C=O) groups is 1. The van der Waals surface area contributed by atoms with Crippen LogP contribution in [0.15, 0.2) is 0 Å². The maximum Gasteiger partial charge on any atom is 0.230 e. The molecular weight excluding hydrogens is 256 g/mol. The topological polar surface area (TPSA) is 23.6 Å². The third-order valence-electron chi connectivity index (χ3n) is 5.11. The molecule has 0 saturated carbocycles. The molecule has 3 heterocycles. The van der Waals surface area contributed by atoms with Crippen molar-refractivity contribution in [3.63, 3.8) is 0 Å². The number of fused-ring (bicyclic) bond motifs is 2. The van der Waals surface area contributed by atoms with Crippen LogP contribution in [-0.2, 0) is 4.79 Å². The predicted octanol–water partition coefficient (Wildman–Crippen LogP) is 2.22. The largest absolute Gasteiger partial charge is 0.341 e. The Kier molecular flexibility index (Phi) is 4.08. The molecule has 4 heteroatoms. The summed E-state index contributed by atoms with van der Waals surface area (Å²) in [5.41, 5.74) is 0.00573. The summed E-state index contributed by atoms with van der Waals surface area (Å²) in [7, 11) is 0. The summed E-state index contributed by atoms with van der Waals surface area (Å²) in [5, 5.41) is 0.673. The van der Waals surface area contributed by atoms with E-state index in [9.17, 15) is 4.79 Å². The number of hydrogen-bond acceptors (Lipinski definition) is 3. The molecule has 0 spiro atoms. The van der Waals surface area contributed by atoms with Gasteiger partial charge in [-0.1, -0.05) is 13.3 Å². The third-order valence-corrected chi connectivity index (χ3v) is 6.30. The van der Waals surface area contributed by atoms with Crippen LogP contribution in [0, 0.1) is 5.41 Å². The molecule has 0 aromatic rings. The fraction of sp³-hybridized carbons (Fsp3) is 0.933.